The number of nitrogens with zero attached hydrogens (tertiary/aromatic N) is 4. The van der Waals surface area contributed by atoms with Gasteiger partial charge in [0.15, 0.2) is 9.84 Å². The van der Waals surface area contributed by atoms with Crippen LogP contribution in [0.4, 0.5) is 0 Å². The van der Waals surface area contributed by atoms with Crippen molar-refractivity contribution in [3.63, 3.8) is 0 Å². The Morgan fingerprint density at radius 1 is 1.05 bits per heavy atom. The second-order valence-electron chi connectivity index (χ2n) is 12.9. The molecular formula is C31H42N4O2S. The first kappa shape index (κ1) is 26.0. The Balaban J connectivity index is 1.12. The fourth-order valence-corrected chi connectivity index (χ4v) is 8.06. The third kappa shape index (κ3) is 4.71. The molecule has 0 N–H and O–H groups in total. The number of hydrogen-bond acceptors (Lipinski definition) is 5. The standard InChI is InChI=1S/C31H42N4O2S/c1-21(2)18-34-19-31(20-34)16-26(17-31)35-12-10-23(11-13-35)25-14-22(3)29-28(15-25)33(4)30(32-29)24-6-8-27(9-7-24)38(5,36)37/h6-9,14-15,21,23,26H,10-13,16-20H2,1-5H3. The lowest BCUT2D eigenvalue weighted by atomic mass is 9.60. The van der Waals surface area contributed by atoms with Crippen LogP contribution in [0.2, 0.25) is 0 Å². The number of likely N-dealkylation sites (tertiary alicyclic amines) is 2. The van der Waals surface area contributed by atoms with Gasteiger partial charge in [-0.3, -0.25) is 0 Å². The summed E-state index contributed by atoms with van der Waals surface area (Å²) in [6, 6.07) is 12.6. The van der Waals surface area contributed by atoms with Gasteiger partial charge in [-0.15, -0.1) is 0 Å². The van der Waals surface area contributed by atoms with Crippen molar-refractivity contribution >= 4 is 20.9 Å². The molecule has 204 valence electrons. The van der Waals surface area contributed by atoms with E-state index in [4.69, 9.17) is 4.98 Å². The number of aromatic nitrogens is 2. The van der Waals surface area contributed by atoms with E-state index in [0.29, 0.717) is 16.2 Å². The first-order valence-electron chi connectivity index (χ1n) is 14.3. The van der Waals surface area contributed by atoms with E-state index in [2.05, 4.69) is 54.3 Å². The lowest BCUT2D eigenvalue weighted by Gasteiger charge is -2.62. The van der Waals surface area contributed by atoms with Crippen LogP contribution in [-0.2, 0) is 16.9 Å². The van der Waals surface area contributed by atoms with Gasteiger partial charge in [-0.1, -0.05) is 19.9 Å². The van der Waals surface area contributed by atoms with Crippen molar-refractivity contribution in [1.29, 1.82) is 0 Å². The Morgan fingerprint density at radius 2 is 1.71 bits per heavy atom. The minimum atomic E-state index is -3.21. The Kier molecular flexibility index (Phi) is 6.48. The molecule has 0 radical (unpaired) electrons. The first-order valence-corrected chi connectivity index (χ1v) is 16.1. The van der Waals surface area contributed by atoms with Gasteiger partial charge in [-0.2, -0.15) is 0 Å². The molecule has 0 bridgehead atoms. The minimum Gasteiger partial charge on any atom is -0.327 e. The maximum absolute atomic E-state index is 11.9. The number of benzene rings is 2. The van der Waals surface area contributed by atoms with Crippen LogP contribution in [0.25, 0.3) is 22.4 Å². The van der Waals surface area contributed by atoms with E-state index in [0.717, 1.165) is 34.4 Å². The summed E-state index contributed by atoms with van der Waals surface area (Å²) in [4.78, 5) is 10.7. The molecule has 1 aromatic heterocycles. The molecule has 3 aromatic rings. The molecule has 6 nitrogen and oxygen atoms in total. The summed E-state index contributed by atoms with van der Waals surface area (Å²) in [7, 11) is -1.15. The lowest BCUT2D eigenvalue weighted by Crippen LogP contribution is -2.67. The highest BCUT2D eigenvalue weighted by Gasteiger charge is 2.53. The number of hydrogen-bond donors (Lipinski definition) is 0. The van der Waals surface area contributed by atoms with Crippen molar-refractivity contribution < 1.29 is 8.42 Å². The molecule has 1 aliphatic carbocycles. The van der Waals surface area contributed by atoms with Crippen LogP contribution >= 0.6 is 0 Å². The molecule has 3 fully saturated rings. The molecule has 6 rings (SSSR count). The van der Waals surface area contributed by atoms with Gasteiger partial charge in [-0.25, -0.2) is 13.4 Å². The summed E-state index contributed by atoms with van der Waals surface area (Å²) in [6.45, 7) is 13.1. The number of fused-ring (bicyclic) bond motifs is 1. The average Bonchev–Trinajstić information content (AvgIpc) is 3.16. The number of imidazole rings is 1. The second-order valence-corrected chi connectivity index (χ2v) is 14.9. The number of rotatable bonds is 6. The third-order valence-electron chi connectivity index (χ3n) is 9.34. The fourth-order valence-electron chi connectivity index (χ4n) is 7.43. The van der Waals surface area contributed by atoms with Crippen molar-refractivity contribution in [2.45, 2.75) is 63.3 Å². The van der Waals surface area contributed by atoms with Crippen molar-refractivity contribution in [2.75, 3.05) is 39.0 Å². The molecular weight excluding hydrogens is 492 g/mol. The minimum absolute atomic E-state index is 0.336. The van der Waals surface area contributed by atoms with Gasteiger partial charge < -0.3 is 14.4 Å². The second kappa shape index (κ2) is 9.46. The predicted octanol–water partition coefficient (Wildman–Crippen LogP) is 5.25. The Hall–Kier alpha value is -2.22. The SMILES string of the molecule is Cc1cc(C2CCN(C3CC4(C3)CN(CC(C)C)C4)CC2)cc2c1nc(-c1ccc(S(C)(=O)=O)cc1)n2C. The molecule has 2 aliphatic heterocycles. The maximum Gasteiger partial charge on any atom is 0.175 e. The van der Waals surface area contributed by atoms with Gasteiger partial charge in [0.1, 0.15) is 5.82 Å². The van der Waals surface area contributed by atoms with E-state index in [1.165, 1.54) is 75.8 Å². The molecule has 7 heteroatoms. The van der Waals surface area contributed by atoms with Crippen LogP contribution in [-0.4, -0.2) is 72.8 Å². The van der Waals surface area contributed by atoms with Crippen molar-refractivity contribution in [1.82, 2.24) is 19.4 Å². The molecule has 0 amide bonds. The van der Waals surface area contributed by atoms with E-state index in [-0.39, 0.29) is 0 Å². The zero-order valence-corrected chi connectivity index (χ0v) is 24.4. The Morgan fingerprint density at radius 3 is 2.32 bits per heavy atom. The zero-order valence-electron chi connectivity index (χ0n) is 23.6. The smallest absolute Gasteiger partial charge is 0.175 e. The summed E-state index contributed by atoms with van der Waals surface area (Å²) in [5, 5.41) is 0. The number of aryl methyl sites for hydroxylation is 2. The summed E-state index contributed by atoms with van der Waals surface area (Å²) in [5.41, 5.74) is 6.41. The lowest BCUT2D eigenvalue weighted by molar-refractivity contribution is -0.115. The number of piperidine rings is 1. The molecule has 0 atom stereocenters. The molecule has 2 aromatic carbocycles. The van der Waals surface area contributed by atoms with E-state index < -0.39 is 9.84 Å². The Labute approximate surface area is 228 Å². The van der Waals surface area contributed by atoms with Crippen LogP contribution in [0.1, 0.15) is 56.6 Å². The highest BCUT2D eigenvalue weighted by Crippen LogP contribution is 2.51. The summed E-state index contributed by atoms with van der Waals surface area (Å²) < 4.78 is 25.9. The van der Waals surface area contributed by atoms with E-state index in [1.54, 1.807) is 12.1 Å². The average molecular weight is 535 g/mol. The summed E-state index contributed by atoms with van der Waals surface area (Å²) in [5.74, 6) is 2.24. The van der Waals surface area contributed by atoms with E-state index >= 15 is 0 Å². The molecule has 3 aliphatic rings. The van der Waals surface area contributed by atoms with Gasteiger partial charge in [0, 0.05) is 44.5 Å². The maximum atomic E-state index is 11.9. The highest BCUT2D eigenvalue weighted by molar-refractivity contribution is 7.90. The van der Waals surface area contributed by atoms with Gasteiger partial charge >= 0.3 is 0 Å². The van der Waals surface area contributed by atoms with Crippen LogP contribution in [0.15, 0.2) is 41.3 Å². The molecule has 1 saturated carbocycles. The predicted molar refractivity (Wildman–Crippen MR) is 154 cm³/mol. The monoisotopic (exact) mass is 534 g/mol. The molecule has 0 unspecified atom stereocenters. The third-order valence-corrected chi connectivity index (χ3v) is 10.5. The number of sulfone groups is 1. The fraction of sp³-hybridized carbons (Fsp3) is 0.581. The Bertz CT molecular complexity index is 1440. The topological polar surface area (TPSA) is 58.4 Å². The summed E-state index contributed by atoms with van der Waals surface area (Å²) >= 11 is 0. The van der Waals surface area contributed by atoms with Crippen molar-refractivity contribution in [3.05, 3.63) is 47.5 Å². The van der Waals surface area contributed by atoms with Crippen LogP contribution in [0.5, 0.6) is 0 Å². The van der Waals surface area contributed by atoms with E-state index in [9.17, 15) is 8.42 Å². The van der Waals surface area contributed by atoms with Gasteiger partial charge in [0.2, 0.25) is 0 Å². The van der Waals surface area contributed by atoms with Gasteiger partial charge in [-0.05, 0) is 104 Å². The van der Waals surface area contributed by atoms with Crippen molar-refractivity contribution in [3.8, 4) is 11.4 Å². The molecule has 3 heterocycles. The van der Waals surface area contributed by atoms with Crippen LogP contribution in [0, 0.1) is 18.3 Å². The largest absolute Gasteiger partial charge is 0.327 e. The molecule has 38 heavy (non-hydrogen) atoms. The summed E-state index contributed by atoms with van der Waals surface area (Å²) in [6.07, 6.45) is 6.50. The van der Waals surface area contributed by atoms with Crippen molar-refractivity contribution in [2.24, 2.45) is 18.4 Å². The van der Waals surface area contributed by atoms with Crippen LogP contribution in [0.3, 0.4) is 0 Å². The van der Waals surface area contributed by atoms with E-state index in [1.807, 2.05) is 12.1 Å². The van der Waals surface area contributed by atoms with Gasteiger partial charge in [0.05, 0.1) is 15.9 Å². The molecule has 2 saturated heterocycles. The van der Waals surface area contributed by atoms with Crippen LogP contribution < -0.4 is 0 Å². The quantitative estimate of drug-likeness (QED) is 0.432. The normalized spacial score (nSPS) is 21.3. The van der Waals surface area contributed by atoms with Gasteiger partial charge in [0.25, 0.3) is 0 Å². The zero-order chi connectivity index (χ0) is 26.8. The molecule has 1 spiro atoms. The first-order chi connectivity index (χ1) is 18.0. The highest BCUT2D eigenvalue weighted by atomic mass is 32.2.